The summed E-state index contributed by atoms with van der Waals surface area (Å²) >= 11 is 0. The monoisotopic (exact) mass is 360 g/mol. The molecule has 26 heavy (non-hydrogen) atoms. The number of benzene rings is 1. The molecular weight excluding hydrogens is 324 g/mol. The van der Waals surface area contributed by atoms with Crippen LogP contribution in [0.5, 0.6) is 5.75 Å². The van der Waals surface area contributed by atoms with Crippen LogP contribution in [0.15, 0.2) is 29.4 Å². The first-order chi connectivity index (χ1) is 12.8. The highest BCUT2D eigenvalue weighted by molar-refractivity contribution is 5.82. The Kier molecular flexibility index (Phi) is 13.2. The van der Waals surface area contributed by atoms with E-state index >= 15 is 0 Å². The molecule has 0 unspecified atom stereocenters. The molecule has 1 aromatic carbocycles. The fraction of sp³-hybridized carbons (Fsp3) is 0.636. The maximum Gasteiger partial charge on any atom is 0.240 e. The molecule has 0 saturated carbocycles. The third-order valence-corrected chi connectivity index (χ3v) is 4.53. The van der Waals surface area contributed by atoms with E-state index in [1.54, 1.807) is 13.3 Å². The van der Waals surface area contributed by atoms with Crippen molar-refractivity contribution in [1.29, 1.82) is 0 Å². The Balaban J connectivity index is 1.95. The Labute approximate surface area is 159 Å². The van der Waals surface area contributed by atoms with E-state index in [4.69, 9.17) is 4.74 Å². The topological polar surface area (TPSA) is 50.7 Å². The molecule has 1 aromatic rings. The molecule has 0 aliphatic carbocycles. The zero-order valence-corrected chi connectivity index (χ0v) is 16.6. The minimum atomic E-state index is -0.00862. The second-order valence-corrected chi connectivity index (χ2v) is 6.85. The number of nitrogens with one attached hydrogen (secondary N) is 1. The van der Waals surface area contributed by atoms with Crippen molar-refractivity contribution in [3.8, 4) is 5.75 Å². The fourth-order valence-electron chi connectivity index (χ4n) is 2.87. The van der Waals surface area contributed by atoms with E-state index in [2.05, 4.69) is 17.5 Å². The van der Waals surface area contributed by atoms with E-state index in [1.807, 2.05) is 24.3 Å². The third kappa shape index (κ3) is 11.7. The van der Waals surface area contributed by atoms with E-state index in [0.29, 0.717) is 6.42 Å². The molecule has 1 amide bonds. The molecule has 0 saturated heterocycles. The SMILES string of the molecule is CCCCCCCCCCCCCC(=O)NN=Cc1ccc(OC)cc1. The molecule has 0 aliphatic rings. The van der Waals surface area contributed by atoms with E-state index < -0.39 is 0 Å². The predicted molar refractivity (Wildman–Crippen MR) is 110 cm³/mol. The van der Waals surface area contributed by atoms with Crippen molar-refractivity contribution in [2.45, 2.75) is 84.0 Å². The van der Waals surface area contributed by atoms with Crippen LogP contribution in [0.1, 0.15) is 89.5 Å². The Bertz CT molecular complexity index is 497. The van der Waals surface area contributed by atoms with E-state index in [0.717, 1.165) is 24.2 Å². The first kappa shape index (κ1) is 22.2. The van der Waals surface area contributed by atoms with E-state index in [1.165, 1.54) is 57.8 Å². The van der Waals surface area contributed by atoms with Crippen LogP contribution in [-0.2, 0) is 4.79 Å². The largest absolute Gasteiger partial charge is 0.497 e. The van der Waals surface area contributed by atoms with Gasteiger partial charge in [-0.05, 0) is 36.2 Å². The highest BCUT2D eigenvalue weighted by Gasteiger charge is 1.99. The van der Waals surface area contributed by atoms with Crippen LogP contribution in [-0.4, -0.2) is 19.2 Å². The summed E-state index contributed by atoms with van der Waals surface area (Å²) in [6, 6.07) is 7.54. The van der Waals surface area contributed by atoms with Gasteiger partial charge in [-0.3, -0.25) is 4.79 Å². The highest BCUT2D eigenvalue weighted by atomic mass is 16.5. The fourth-order valence-corrected chi connectivity index (χ4v) is 2.87. The quantitative estimate of drug-likeness (QED) is 0.242. The summed E-state index contributed by atoms with van der Waals surface area (Å²) < 4.78 is 5.10. The summed E-state index contributed by atoms with van der Waals surface area (Å²) in [7, 11) is 1.64. The number of amides is 1. The van der Waals surface area contributed by atoms with Crippen LogP contribution >= 0.6 is 0 Å². The van der Waals surface area contributed by atoms with Gasteiger partial charge in [-0.1, -0.05) is 71.1 Å². The van der Waals surface area contributed by atoms with Crippen molar-refractivity contribution in [3.05, 3.63) is 29.8 Å². The lowest BCUT2D eigenvalue weighted by Gasteiger charge is -2.03. The van der Waals surface area contributed by atoms with Crippen molar-refractivity contribution in [2.24, 2.45) is 5.10 Å². The second-order valence-electron chi connectivity index (χ2n) is 6.85. The molecular formula is C22H36N2O2. The number of hydrogen-bond acceptors (Lipinski definition) is 3. The molecule has 0 fully saturated rings. The number of methoxy groups -OCH3 is 1. The molecule has 1 N–H and O–H groups in total. The summed E-state index contributed by atoms with van der Waals surface area (Å²) in [5.74, 6) is 0.799. The van der Waals surface area contributed by atoms with Crippen molar-refractivity contribution in [3.63, 3.8) is 0 Å². The molecule has 0 aromatic heterocycles. The lowest BCUT2D eigenvalue weighted by atomic mass is 10.1. The lowest BCUT2D eigenvalue weighted by molar-refractivity contribution is -0.121. The van der Waals surface area contributed by atoms with E-state index in [-0.39, 0.29) is 5.91 Å². The number of nitrogens with zero attached hydrogens (tertiary/aromatic N) is 1. The number of carbonyl (C=O) groups excluding carboxylic acids is 1. The Morgan fingerprint density at radius 1 is 0.923 bits per heavy atom. The molecule has 0 bridgehead atoms. The number of ether oxygens (including phenoxy) is 1. The normalized spacial score (nSPS) is 11.0. The van der Waals surface area contributed by atoms with Gasteiger partial charge < -0.3 is 4.74 Å². The Morgan fingerprint density at radius 2 is 1.46 bits per heavy atom. The van der Waals surface area contributed by atoms with E-state index in [9.17, 15) is 4.79 Å². The predicted octanol–water partition coefficient (Wildman–Crippen LogP) is 5.85. The number of rotatable bonds is 15. The second kappa shape index (κ2) is 15.4. The molecule has 0 spiro atoms. The average molecular weight is 361 g/mol. The summed E-state index contributed by atoms with van der Waals surface area (Å²) in [4.78, 5) is 11.7. The van der Waals surface area contributed by atoms with Crippen LogP contribution in [0.2, 0.25) is 0 Å². The number of hydrogen-bond donors (Lipinski definition) is 1. The average Bonchev–Trinajstić information content (AvgIpc) is 2.66. The number of carbonyl (C=O) groups is 1. The standard InChI is InChI=1S/C22H36N2O2/c1-3-4-5-6-7-8-9-10-11-12-13-14-22(25)24-23-19-20-15-17-21(26-2)18-16-20/h15-19H,3-14H2,1-2H3,(H,24,25). The van der Waals surface area contributed by atoms with Gasteiger partial charge in [0.15, 0.2) is 0 Å². The Hall–Kier alpha value is -1.84. The van der Waals surface area contributed by atoms with Gasteiger partial charge in [0.25, 0.3) is 0 Å². The van der Waals surface area contributed by atoms with Gasteiger partial charge in [-0.15, -0.1) is 0 Å². The summed E-state index contributed by atoms with van der Waals surface area (Å²) in [5.41, 5.74) is 3.53. The number of hydrazone groups is 1. The minimum Gasteiger partial charge on any atom is -0.497 e. The highest BCUT2D eigenvalue weighted by Crippen LogP contribution is 2.12. The first-order valence-electron chi connectivity index (χ1n) is 10.2. The molecule has 4 heteroatoms. The summed E-state index contributed by atoms with van der Waals surface area (Å²) in [6.45, 7) is 2.26. The van der Waals surface area contributed by atoms with Gasteiger partial charge in [-0.25, -0.2) is 5.43 Å². The van der Waals surface area contributed by atoms with Gasteiger partial charge in [0.05, 0.1) is 13.3 Å². The molecule has 146 valence electrons. The summed E-state index contributed by atoms with van der Waals surface area (Å²) in [6.07, 6.45) is 16.4. The maximum absolute atomic E-state index is 11.7. The van der Waals surface area contributed by atoms with Gasteiger partial charge >= 0.3 is 0 Å². The molecule has 4 nitrogen and oxygen atoms in total. The van der Waals surface area contributed by atoms with Gasteiger partial charge in [0.2, 0.25) is 5.91 Å². The molecule has 0 heterocycles. The lowest BCUT2D eigenvalue weighted by Crippen LogP contribution is -2.16. The third-order valence-electron chi connectivity index (χ3n) is 4.53. The molecule has 0 aliphatic heterocycles. The number of unbranched alkanes of at least 4 members (excludes halogenated alkanes) is 10. The molecule has 0 radical (unpaired) electrons. The zero-order chi connectivity index (χ0) is 18.9. The van der Waals surface area contributed by atoms with Crippen LogP contribution in [0.25, 0.3) is 0 Å². The van der Waals surface area contributed by atoms with Crippen molar-refractivity contribution in [2.75, 3.05) is 7.11 Å². The van der Waals surface area contributed by atoms with Gasteiger partial charge in [-0.2, -0.15) is 5.10 Å². The molecule has 0 atom stereocenters. The maximum atomic E-state index is 11.7. The summed E-state index contributed by atoms with van der Waals surface area (Å²) in [5, 5.41) is 4.00. The smallest absolute Gasteiger partial charge is 0.240 e. The minimum absolute atomic E-state index is 0.00862. The van der Waals surface area contributed by atoms with Gasteiger partial charge in [0, 0.05) is 6.42 Å². The van der Waals surface area contributed by atoms with Crippen molar-refractivity contribution < 1.29 is 9.53 Å². The van der Waals surface area contributed by atoms with Crippen LogP contribution in [0.3, 0.4) is 0 Å². The van der Waals surface area contributed by atoms with Crippen LogP contribution in [0, 0.1) is 0 Å². The van der Waals surface area contributed by atoms with Gasteiger partial charge in [0.1, 0.15) is 5.75 Å². The first-order valence-corrected chi connectivity index (χ1v) is 10.2. The zero-order valence-electron chi connectivity index (χ0n) is 16.6. The Morgan fingerprint density at radius 3 is 2.00 bits per heavy atom. The van der Waals surface area contributed by atoms with Crippen molar-refractivity contribution in [1.82, 2.24) is 5.43 Å². The molecule has 1 rings (SSSR count). The van der Waals surface area contributed by atoms with Crippen LogP contribution < -0.4 is 10.2 Å². The van der Waals surface area contributed by atoms with Crippen LogP contribution in [0.4, 0.5) is 0 Å². The van der Waals surface area contributed by atoms with Crippen molar-refractivity contribution >= 4 is 12.1 Å².